The Labute approximate surface area is 481 Å². The molecule has 19 atom stereocenters. The van der Waals surface area contributed by atoms with Gasteiger partial charge in [0.1, 0.15) is 0 Å². The van der Waals surface area contributed by atoms with Crippen LogP contribution in [0.25, 0.3) is 0 Å². The zero-order valence-corrected chi connectivity index (χ0v) is 51.1. The standard InChI is InChI=1S/C34H52O4S.C30H44O3S.C4H8O.CH4/c1-5-25(35)21-27(39(37,38)26-10-8-7-9-11-26)20-23(3)31-14-15-32-30-13-12-24-22-34(36,6-2)19-17-28(24)29(30)16-18-33(31,32)4;1-4-30(31)18-15-24-22(20-30)10-11-26-25(24)14-17-29(3)27(12-13-28(26)29)21(2)16-19-34(32,33)23-8-6-5-7-9-23;1-2-4-3-5-4;/h7-12,23,25,27-32,35-36H,5-6,13-22H2,1-4H3;5-10,21,24-28,31H,4,11-20H2,1-3H3;4H,2-3H2,1H3;1H4/t23-,25+,27?,28+,29-,30-,31-,32+,33-,34+;21-,24+,25-,26-,27-,28+,29-,30+;4-;/m110./s1. The molecule has 1 unspecified atom stereocenters. The van der Waals surface area contributed by atoms with Crippen molar-refractivity contribution in [2.45, 2.75) is 249 Å². The van der Waals surface area contributed by atoms with Crippen LogP contribution in [0.2, 0.25) is 0 Å². The summed E-state index contributed by atoms with van der Waals surface area (Å²) in [4.78, 5) is 0.847. The zero-order valence-electron chi connectivity index (χ0n) is 49.5. The number of benzene rings is 2. The largest absolute Gasteiger partial charge is 0.393 e. The van der Waals surface area contributed by atoms with Gasteiger partial charge in [-0.1, -0.05) is 123 Å². The van der Waals surface area contributed by atoms with Crippen molar-refractivity contribution < 1.29 is 36.9 Å². The first-order valence-electron chi connectivity index (χ1n) is 31.8. The molecule has 0 aromatic heterocycles. The van der Waals surface area contributed by atoms with Crippen LogP contribution in [0.3, 0.4) is 0 Å². The van der Waals surface area contributed by atoms with Gasteiger partial charge in [0, 0.05) is 0 Å². The molecule has 7 fully saturated rings. The van der Waals surface area contributed by atoms with E-state index in [4.69, 9.17) is 4.74 Å². The molecule has 10 heteroatoms. The predicted octanol–water partition coefficient (Wildman–Crippen LogP) is 15.6. The molecule has 8 nitrogen and oxygen atoms in total. The lowest BCUT2D eigenvalue weighted by Gasteiger charge is -2.55. The molecule has 3 N–H and O–H groups in total. The van der Waals surface area contributed by atoms with E-state index >= 15 is 0 Å². The Bertz CT molecular complexity index is 2600. The quantitative estimate of drug-likeness (QED) is 0.111. The maximum atomic E-state index is 13.8. The van der Waals surface area contributed by atoms with Crippen molar-refractivity contribution in [3.8, 4) is 0 Å². The lowest BCUT2D eigenvalue weighted by atomic mass is 9.50. The van der Waals surface area contributed by atoms with Crippen molar-refractivity contribution in [3.63, 3.8) is 0 Å². The van der Waals surface area contributed by atoms with E-state index in [9.17, 15) is 32.2 Å². The highest BCUT2D eigenvalue weighted by Crippen LogP contribution is 2.67. The van der Waals surface area contributed by atoms with E-state index < -0.39 is 42.2 Å². The Morgan fingerprint density at radius 2 is 1.08 bits per heavy atom. The zero-order chi connectivity index (χ0) is 55.8. The molecule has 79 heavy (non-hydrogen) atoms. The fraction of sp³-hybridized carbons (Fsp3) is 0.768. The molecule has 8 aliphatic carbocycles. The molecule has 0 spiro atoms. The third-order valence-electron chi connectivity index (χ3n) is 24.0. The van der Waals surface area contributed by atoms with Crippen molar-refractivity contribution in [3.05, 3.63) is 84.0 Å². The first-order valence-corrected chi connectivity index (χ1v) is 35.0. The van der Waals surface area contributed by atoms with Crippen LogP contribution in [-0.4, -0.2) is 73.2 Å². The van der Waals surface area contributed by atoms with Gasteiger partial charge in [0.2, 0.25) is 0 Å². The van der Waals surface area contributed by atoms with Gasteiger partial charge in [-0.05, 0) is 254 Å². The number of rotatable bonds is 16. The highest BCUT2D eigenvalue weighted by molar-refractivity contribution is 7.92. The fourth-order valence-corrected chi connectivity index (χ4v) is 22.5. The summed E-state index contributed by atoms with van der Waals surface area (Å²) < 4.78 is 58.1. The lowest BCUT2D eigenvalue weighted by molar-refractivity contribution is -0.0460. The summed E-state index contributed by atoms with van der Waals surface area (Å²) in [5.74, 6) is 8.06. The summed E-state index contributed by atoms with van der Waals surface area (Å²) in [5.41, 5.74) is 2.76. The minimum atomic E-state index is -3.51. The number of fused-ring (bicyclic) bond motifs is 10. The van der Waals surface area contributed by atoms with Crippen molar-refractivity contribution in [2.75, 3.05) is 12.4 Å². The van der Waals surface area contributed by atoms with E-state index in [1.54, 1.807) is 47.5 Å². The summed E-state index contributed by atoms with van der Waals surface area (Å²) >= 11 is 0. The SMILES string of the molecule is C.CC[C@H](O)CC(C[C@@H](C)[C@H]1CC[C@H]2[C@@H]3CC=C4C[C@](O)(CC)CC[C@@H]4[C@H]3CC[C@]12C)S(=O)(=O)c1ccccc1.CC[C@H]1CO1.CC[C@]1(O)CC[C@H]2C(=CC[C@@H]3[C@@H]2CC[C@]2(C)[C@@H]([C@H](C)CCS(=O)(=O)c4ccccc4)CC[C@@H]32)C1. The van der Waals surface area contributed by atoms with E-state index in [-0.39, 0.29) is 18.6 Å². The molecule has 444 valence electrons. The van der Waals surface area contributed by atoms with Gasteiger partial charge in [-0.15, -0.1) is 0 Å². The van der Waals surface area contributed by atoms with Gasteiger partial charge in [-0.2, -0.15) is 0 Å². The van der Waals surface area contributed by atoms with E-state index in [0.29, 0.717) is 82.0 Å². The summed E-state index contributed by atoms with van der Waals surface area (Å²) in [6, 6.07) is 17.8. The average Bonchev–Trinajstić information content (AvgIpc) is 4.33. The molecule has 9 aliphatic rings. The molecule has 1 saturated heterocycles. The number of aliphatic hydroxyl groups excluding tert-OH is 1. The lowest BCUT2D eigenvalue weighted by Crippen LogP contribution is -2.48. The van der Waals surface area contributed by atoms with Crippen molar-refractivity contribution >= 4 is 19.7 Å². The van der Waals surface area contributed by atoms with Gasteiger partial charge >= 0.3 is 0 Å². The maximum Gasteiger partial charge on any atom is 0.181 e. The van der Waals surface area contributed by atoms with E-state index in [0.717, 1.165) is 100 Å². The molecule has 1 aliphatic heterocycles. The third kappa shape index (κ3) is 13.2. The topological polar surface area (TPSA) is 142 Å². The molecule has 6 saturated carbocycles. The molecule has 11 rings (SSSR count). The number of hydrogen-bond acceptors (Lipinski definition) is 8. The van der Waals surface area contributed by atoms with Gasteiger partial charge in [-0.3, -0.25) is 0 Å². The van der Waals surface area contributed by atoms with Crippen molar-refractivity contribution in [2.24, 2.45) is 81.8 Å². The van der Waals surface area contributed by atoms with Crippen LogP contribution < -0.4 is 0 Å². The van der Waals surface area contributed by atoms with Crippen LogP contribution in [0, 0.1) is 81.8 Å². The molecule has 0 radical (unpaired) electrons. The van der Waals surface area contributed by atoms with Gasteiger partial charge in [0.05, 0.1) is 50.8 Å². The molecule has 2 aromatic carbocycles. The van der Waals surface area contributed by atoms with Crippen LogP contribution in [-0.2, 0) is 24.4 Å². The molecular formula is C69H108O8S2. The van der Waals surface area contributed by atoms with Crippen molar-refractivity contribution in [1.29, 1.82) is 0 Å². The van der Waals surface area contributed by atoms with Crippen LogP contribution in [0.1, 0.15) is 210 Å². The predicted molar refractivity (Wildman–Crippen MR) is 323 cm³/mol. The van der Waals surface area contributed by atoms with Crippen LogP contribution >= 0.6 is 0 Å². The maximum absolute atomic E-state index is 13.8. The highest BCUT2D eigenvalue weighted by atomic mass is 32.2. The van der Waals surface area contributed by atoms with Crippen LogP contribution in [0.4, 0.5) is 0 Å². The number of epoxide rings is 1. The minimum absolute atomic E-state index is 0. The Balaban J connectivity index is 0.000000190. The molecule has 0 amide bonds. The number of allylic oxidation sites excluding steroid dienone is 2. The summed E-state index contributed by atoms with van der Waals surface area (Å²) in [6.45, 7) is 19.0. The second kappa shape index (κ2) is 25.5. The number of hydrogen-bond donors (Lipinski definition) is 3. The van der Waals surface area contributed by atoms with Gasteiger partial charge in [0.25, 0.3) is 0 Å². The van der Waals surface area contributed by atoms with Crippen LogP contribution in [0.5, 0.6) is 0 Å². The summed E-state index contributed by atoms with van der Waals surface area (Å²) in [5, 5.41) is 31.9. The Kier molecular flexibility index (Phi) is 20.2. The van der Waals surface area contributed by atoms with Crippen LogP contribution in [0.15, 0.2) is 93.8 Å². The van der Waals surface area contributed by atoms with E-state index in [2.05, 4.69) is 60.6 Å². The highest BCUT2D eigenvalue weighted by Gasteiger charge is 2.59. The second-order valence-corrected chi connectivity index (χ2v) is 32.2. The molecule has 1 heterocycles. The normalized spacial score (nSPS) is 38.7. The monoisotopic (exact) mass is 1130 g/mol. The van der Waals surface area contributed by atoms with Gasteiger partial charge < -0.3 is 20.1 Å². The van der Waals surface area contributed by atoms with E-state index in [1.807, 2.05) is 31.2 Å². The molecule has 2 aromatic rings. The fourth-order valence-electron chi connectivity index (χ4n) is 19.1. The Morgan fingerprint density at radius 3 is 1.51 bits per heavy atom. The first kappa shape index (κ1) is 62.7. The van der Waals surface area contributed by atoms with Gasteiger partial charge in [-0.25, -0.2) is 16.8 Å². The third-order valence-corrected chi connectivity index (χ3v) is 27.9. The smallest absolute Gasteiger partial charge is 0.181 e. The second-order valence-electron chi connectivity index (χ2n) is 27.9. The summed E-state index contributed by atoms with van der Waals surface area (Å²) in [7, 11) is -6.72. The molecular weight excluding hydrogens is 1020 g/mol. The van der Waals surface area contributed by atoms with Crippen molar-refractivity contribution in [1.82, 2.24) is 0 Å². The number of aliphatic hydroxyl groups is 3. The number of sulfone groups is 2. The summed E-state index contributed by atoms with van der Waals surface area (Å²) in [6.07, 6.45) is 28.8. The Morgan fingerprint density at radius 1 is 0.608 bits per heavy atom. The van der Waals surface area contributed by atoms with E-state index in [1.165, 1.54) is 64.2 Å². The minimum Gasteiger partial charge on any atom is -0.393 e. The van der Waals surface area contributed by atoms with Gasteiger partial charge in [0.15, 0.2) is 19.7 Å². The molecule has 0 bridgehead atoms. The Hall–Kier alpha value is -2.34. The average molecular weight is 1130 g/mol. The number of ether oxygens (including phenoxy) is 1. The first-order chi connectivity index (χ1) is 37.1.